The maximum Gasteiger partial charge on any atom is 0.292 e. The van der Waals surface area contributed by atoms with E-state index in [2.05, 4.69) is 5.32 Å². The van der Waals surface area contributed by atoms with Gasteiger partial charge in [0.2, 0.25) is 0 Å². The number of rotatable bonds is 7. The van der Waals surface area contributed by atoms with Crippen molar-refractivity contribution >= 4 is 11.4 Å². The lowest BCUT2D eigenvalue weighted by atomic mass is 10.1. The molecule has 0 bridgehead atoms. The number of hydrogen-bond acceptors (Lipinski definition) is 4. The van der Waals surface area contributed by atoms with Gasteiger partial charge in [-0.15, -0.1) is 0 Å². The largest absolute Gasteiger partial charge is 0.396 e. The van der Waals surface area contributed by atoms with Crippen molar-refractivity contribution in [1.82, 2.24) is 0 Å². The van der Waals surface area contributed by atoms with Crippen LogP contribution in [0.25, 0.3) is 0 Å². The molecule has 18 heavy (non-hydrogen) atoms. The molecule has 0 fully saturated rings. The van der Waals surface area contributed by atoms with Crippen LogP contribution >= 0.6 is 0 Å². The summed E-state index contributed by atoms with van der Waals surface area (Å²) in [5.41, 5.74) is 1.59. The van der Waals surface area contributed by atoms with Gasteiger partial charge in [-0.25, -0.2) is 0 Å². The van der Waals surface area contributed by atoms with E-state index in [1.54, 1.807) is 6.07 Å². The first-order chi connectivity index (χ1) is 8.56. The Morgan fingerprint density at radius 1 is 1.50 bits per heavy atom. The maximum absolute atomic E-state index is 10.9. The van der Waals surface area contributed by atoms with E-state index >= 15 is 0 Å². The van der Waals surface area contributed by atoms with Crippen molar-refractivity contribution in [2.45, 2.75) is 26.7 Å². The summed E-state index contributed by atoms with van der Waals surface area (Å²) in [5, 5.41) is 22.9. The van der Waals surface area contributed by atoms with Crippen molar-refractivity contribution in [3.05, 3.63) is 33.9 Å². The third-order valence-corrected chi connectivity index (χ3v) is 2.93. The van der Waals surface area contributed by atoms with Crippen molar-refractivity contribution in [2.75, 3.05) is 18.5 Å². The fraction of sp³-hybridized carbons (Fsp3) is 0.538. The number of nitro benzene ring substituents is 1. The molecular weight excluding hydrogens is 232 g/mol. The van der Waals surface area contributed by atoms with Crippen molar-refractivity contribution in [2.24, 2.45) is 5.92 Å². The zero-order chi connectivity index (χ0) is 13.5. The van der Waals surface area contributed by atoms with Gasteiger partial charge in [0.15, 0.2) is 0 Å². The number of benzene rings is 1. The van der Waals surface area contributed by atoms with Crippen LogP contribution in [0.5, 0.6) is 0 Å². The lowest BCUT2D eigenvalue weighted by Gasteiger charge is -2.11. The minimum Gasteiger partial charge on any atom is -0.396 e. The van der Waals surface area contributed by atoms with E-state index in [-0.39, 0.29) is 23.1 Å². The van der Waals surface area contributed by atoms with Crippen LogP contribution in [0.2, 0.25) is 0 Å². The molecule has 0 saturated carbocycles. The first kappa shape index (κ1) is 14.4. The molecule has 1 unspecified atom stereocenters. The molecule has 0 aliphatic carbocycles. The van der Waals surface area contributed by atoms with E-state index < -0.39 is 0 Å². The van der Waals surface area contributed by atoms with Crippen molar-refractivity contribution in [1.29, 1.82) is 0 Å². The molecule has 0 spiro atoms. The van der Waals surface area contributed by atoms with E-state index in [1.807, 2.05) is 19.9 Å². The lowest BCUT2D eigenvalue weighted by Crippen LogP contribution is -2.08. The summed E-state index contributed by atoms with van der Waals surface area (Å²) in [4.78, 5) is 10.5. The Labute approximate surface area is 107 Å². The zero-order valence-corrected chi connectivity index (χ0v) is 10.8. The highest BCUT2D eigenvalue weighted by Gasteiger charge is 2.14. The molecule has 0 heterocycles. The molecule has 0 aliphatic rings. The third kappa shape index (κ3) is 4.00. The molecule has 0 amide bonds. The van der Waals surface area contributed by atoms with Gasteiger partial charge in [0.1, 0.15) is 5.69 Å². The Balaban J connectivity index is 2.59. The normalized spacial score (nSPS) is 12.2. The summed E-state index contributed by atoms with van der Waals surface area (Å²) in [6.45, 7) is 4.70. The Hall–Kier alpha value is -1.62. The quantitative estimate of drug-likeness (QED) is 0.444. The maximum atomic E-state index is 10.9. The second-order valence-corrected chi connectivity index (χ2v) is 4.58. The first-order valence-corrected chi connectivity index (χ1v) is 6.15. The van der Waals surface area contributed by atoms with Gasteiger partial charge < -0.3 is 10.4 Å². The van der Waals surface area contributed by atoms with Crippen molar-refractivity contribution < 1.29 is 10.0 Å². The highest BCUT2D eigenvalue weighted by molar-refractivity contribution is 5.65. The number of anilines is 1. The molecule has 1 aromatic rings. The molecule has 0 radical (unpaired) electrons. The minimum atomic E-state index is -0.369. The summed E-state index contributed by atoms with van der Waals surface area (Å²) >= 11 is 0. The van der Waals surface area contributed by atoms with E-state index in [1.165, 1.54) is 6.07 Å². The first-order valence-electron chi connectivity index (χ1n) is 6.15. The second kappa shape index (κ2) is 6.96. The predicted octanol–water partition coefficient (Wildman–Crippen LogP) is 2.72. The Morgan fingerprint density at radius 2 is 2.22 bits per heavy atom. The molecule has 2 N–H and O–H groups in total. The molecule has 0 aliphatic heterocycles. The van der Waals surface area contributed by atoms with Crippen molar-refractivity contribution in [3.63, 3.8) is 0 Å². The van der Waals surface area contributed by atoms with Crippen LogP contribution in [0.15, 0.2) is 18.2 Å². The molecule has 1 atom stereocenters. The number of aryl methyl sites for hydroxylation is 1. The van der Waals surface area contributed by atoms with Gasteiger partial charge in [-0.05, 0) is 31.2 Å². The van der Waals surface area contributed by atoms with Crippen LogP contribution in [-0.2, 0) is 0 Å². The summed E-state index contributed by atoms with van der Waals surface area (Å²) in [7, 11) is 0. The van der Waals surface area contributed by atoms with E-state index in [0.717, 1.165) is 18.4 Å². The number of nitrogens with zero attached hydrogens (tertiary/aromatic N) is 1. The van der Waals surface area contributed by atoms with Crippen LogP contribution in [0.3, 0.4) is 0 Å². The fourth-order valence-corrected chi connectivity index (χ4v) is 1.79. The topological polar surface area (TPSA) is 75.4 Å². The van der Waals surface area contributed by atoms with Gasteiger partial charge >= 0.3 is 0 Å². The molecule has 5 heteroatoms. The highest BCUT2D eigenvalue weighted by Crippen LogP contribution is 2.27. The van der Waals surface area contributed by atoms with Crippen LogP contribution in [-0.4, -0.2) is 23.2 Å². The van der Waals surface area contributed by atoms with Gasteiger partial charge in [-0.3, -0.25) is 10.1 Å². The predicted molar refractivity (Wildman–Crippen MR) is 71.8 cm³/mol. The molecule has 100 valence electrons. The van der Waals surface area contributed by atoms with E-state index in [4.69, 9.17) is 5.11 Å². The Bertz CT molecular complexity index is 407. The van der Waals surface area contributed by atoms with E-state index in [0.29, 0.717) is 12.2 Å². The van der Waals surface area contributed by atoms with Gasteiger partial charge in [-0.1, -0.05) is 19.1 Å². The summed E-state index contributed by atoms with van der Waals surface area (Å²) < 4.78 is 0. The lowest BCUT2D eigenvalue weighted by molar-refractivity contribution is -0.384. The molecule has 1 aromatic carbocycles. The monoisotopic (exact) mass is 252 g/mol. The Morgan fingerprint density at radius 3 is 2.83 bits per heavy atom. The molecule has 0 saturated heterocycles. The van der Waals surface area contributed by atoms with Crippen LogP contribution in [0.1, 0.15) is 25.3 Å². The molecular formula is C13H20N2O3. The van der Waals surface area contributed by atoms with Crippen molar-refractivity contribution in [3.8, 4) is 0 Å². The summed E-state index contributed by atoms with van der Waals surface area (Å²) in [5.74, 6) is 0.277. The van der Waals surface area contributed by atoms with Gasteiger partial charge in [0.25, 0.3) is 5.69 Å². The highest BCUT2D eigenvalue weighted by atomic mass is 16.6. The number of nitro groups is 1. The van der Waals surface area contributed by atoms with Crippen LogP contribution in [0, 0.1) is 23.0 Å². The number of aliphatic hydroxyl groups is 1. The second-order valence-electron chi connectivity index (χ2n) is 4.58. The van der Waals surface area contributed by atoms with E-state index in [9.17, 15) is 10.1 Å². The number of nitrogens with one attached hydrogen (secondary N) is 1. The molecule has 5 nitrogen and oxygen atoms in total. The molecule has 1 rings (SSSR count). The molecule has 0 aromatic heterocycles. The summed E-state index contributed by atoms with van der Waals surface area (Å²) in [6.07, 6.45) is 1.79. The smallest absolute Gasteiger partial charge is 0.292 e. The minimum absolute atomic E-state index is 0.116. The Kier molecular flexibility index (Phi) is 5.58. The van der Waals surface area contributed by atoms with Gasteiger partial charge in [0.05, 0.1) is 4.92 Å². The van der Waals surface area contributed by atoms with Gasteiger partial charge in [0, 0.05) is 19.2 Å². The fourth-order valence-electron chi connectivity index (χ4n) is 1.79. The van der Waals surface area contributed by atoms with Gasteiger partial charge in [-0.2, -0.15) is 0 Å². The average molecular weight is 252 g/mol. The number of hydrogen-bond donors (Lipinski definition) is 2. The zero-order valence-electron chi connectivity index (χ0n) is 10.8. The average Bonchev–Trinajstić information content (AvgIpc) is 2.35. The number of para-hydroxylation sites is 1. The van der Waals surface area contributed by atoms with Crippen LogP contribution < -0.4 is 5.32 Å². The standard InChI is InChI=1S/C13H20N2O3/c1-10(9-16)5-4-8-14-13-11(2)6-3-7-12(13)15(17)18/h3,6-7,10,14,16H,4-5,8-9H2,1-2H3. The number of aliphatic hydroxyl groups excluding tert-OH is 1. The SMILES string of the molecule is Cc1cccc([N+](=O)[O-])c1NCCCC(C)CO. The summed E-state index contributed by atoms with van der Waals surface area (Å²) in [6, 6.07) is 5.05. The van der Waals surface area contributed by atoms with Crippen LogP contribution in [0.4, 0.5) is 11.4 Å². The third-order valence-electron chi connectivity index (χ3n) is 2.93.